The minimum absolute atomic E-state index is 0.0121. The van der Waals surface area contributed by atoms with E-state index in [4.69, 9.17) is 9.47 Å². The van der Waals surface area contributed by atoms with E-state index in [1.807, 2.05) is 25.1 Å². The van der Waals surface area contributed by atoms with Gasteiger partial charge in [-0.05, 0) is 31.5 Å². The van der Waals surface area contributed by atoms with E-state index < -0.39 is 0 Å². The molecule has 0 aliphatic carbocycles. The van der Waals surface area contributed by atoms with Crippen LogP contribution in [0.2, 0.25) is 0 Å². The van der Waals surface area contributed by atoms with Crippen molar-refractivity contribution < 1.29 is 14.3 Å². The molecule has 0 spiro atoms. The summed E-state index contributed by atoms with van der Waals surface area (Å²) < 4.78 is 12.3. The van der Waals surface area contributed by atoms with Crippen molar-refractivity contribution in [2.75, 3.05) is 32.5 Å². The summed E-state index contributed by atoms with van der Waals surface area (Å²) in [6.07, 6.45) is 1.08. The third-order valence-electron chi connectivity index (χ3n) is 4.46. The van der Waals surface area contributed by atoms with Gasteiger partial charge in [-0.2, -0.15) is 0 Å². The highest BCUT2D eigenvalue weighted by molar-refractivity contribution is 8.01. The van der Waals surface area contributed by atoms with Crippen molar-refractivity contribution in [1.82, 2.24) is 20.4 Å². The lowest BCUT2D eigenvalue weighted by Gasteiger charge is -2.23. The largest absolute Gasteiger partial charge is 0.497 e. The Kier molecular flexibility index (Phi) is 7.52. The Labute approximate surface area is 173 Å². The summed E-state index contributed by atoms with van der Waals surface area (Å²) >= 11 is 2.93. The molecule has 2 aromatic rings. The van der Waals surface area contributed by atoms with E-state index >= 15 is 0 Å². The second kappa shape index (κ2) is 10.1. The van der Waals surface area contributed by atoms with Gasteiger partial charge in [-0.1, -0.05) is 30.0 Å². The van der Waals surface area contributed by atoms with Gasteiger partial charge in [0.15, 0.2) is 4.34 Å². The number of carbonyl (C=O) groups excluding carboxylic acids is 1. The third kappa shape index (κ3) is 5.83. The highest BCUT2D eigenvalue weighted by atomic mass is 32.2. The first-order chi connectivity index (χ1) is 13.6. The van der Waals surface area contributed by atoms with Crippen molar-refractivity contribution >= 4 is 29.0 Å². The molecule has 1 N–H and O–H groups in total. The maximum atomic E-state index is 12.1. The molecule has 0 bridgehead atoms. The molecule has 2 heterocycles. The zero-order chi connectivity index (χ0) is 19.9. The molecule has 1 aromatic carbocycles. The maximum absolute atomic E-state index is 12.1. The van der Waals surface area contributed by atoms with Crippen molar-refractivity contribution in [3.05, 3.63) is 28.8 Å². The molecule has 1 aromatic heterocycles. The number of aryl methyl sites for hydroxylation is 1. The Bertz CT molecular complexity index is 799. The summed E-state index contributed by atoms with van der Waals surface area (Å²) in [6, 6.07) is 5.94. The summed E-state index contributed by atoms with van der Waals surface area (Å²) in [5.41, 5.74) is 1.11. The first-order valence-electron chi connectivity index (χ1n) is 9.33. The molecule has 3 rings (SSSR count). The van der Waals surface area contributed by atoms with E-state index in [-0.39, 0.29) is 12.0 Å². The van der Waals surface area contributed by atoms with E-state index in [9.17, 15) is 4.79 Å². The average Bonchev–Trinajstić information content (AvgIpc) is 3.02. The number of amides is 1. The van der Waals surface area contributed by atoms with Crippen LogP contribution in [0.3, 0.4) is 0 Å². The number of nitrogens with one attached hydrogen (secondary N) is 1. The molecule has 0 fully saturated rings. The summed E-state index contributed by atoms with van der Waals surface area (Å²) in [4.78, 5) is 14.4. The minimum Gasteiger partial charge on any atom is -0.497 e. The van der Waals surface area contributed by atoms with Gasteiger partial charge in [-0.25, -0.2) is 0 Å². The number of ether oxygens (including phenoxy) is 2. The SMILES string of the molecule is CCC1CN(CCNC(=O)CSc2nnc(C)s2)Cc2cc(OC)ccc2O1. The monoisotopic (exact) mass is 422 g/mol. The summed E-state index contributed by atoms with van der Waals surface area (Å²) in [7, 11) is 1.67. The highest BCUT2D eigenvalue weighted by Crippen LogP contribution is 2.29. The van der Waals surface area contributed by atoms with Crippen LogP contribution in [0, 0.1) is 6.92 Å². The first-order valence-corrected chi connectivity index (χ1v) is 11.1. The van der Waals surface area contributed by atoms with Crippen LogP contribution in [0.5, 0.6) is 11.5 Å². The molecule has 0 radical (unpaired) electrons. The fourth-order valence-corrected chi connectivity index (χ4v) is 4.63. The summed E-state index contributed by atoms with van der Waals surface area (Å²) in [5, 5.41) is 11.9. The molecule has 1 aliphatic rings. The number of nitrogens with zero attached hydrogens (tertiary/aromatic N) is 3. The Morgan fingerprint density at radius 1 is 1.46 bits per heavy atom. The van der Waals surface area contributed by atoms with Crippen LogP contribution in [0.4, 0.5) is 0 Å². The Morgan fingerprint density at radius 2 is 2.32 bits per heavy atom. The highest BCUT2D eigenvalue weighted by Gasteiger charge is 2.22. The van der Waals surface area contributed by atoms with Crippen LogP contribution >= 0.6 is 23.1 Å². The lowest BCUT2D eigenvalue weighted by molar-refractivity contribution is -0.118. The van der Waals surface area contributed by atoms with Crippen molar-refractivity contribution in [3.63, 3.8) is 0 Å². The maximum Gasteiger partial charge on any atom is 0.230 e. The number of methoxy groups -OCH3 is 1. The van der Waals surface area contributed by atoms with Crippen LogP contribution in [0.15, 0.2) is 22.5 Å². The summed E-state index contributed by atoms with van der Waals surface area (Å²) in [6.45, 7) is 7.02. The molecule has 1 amide bonds. The lowest BCUT2D eigenvalue weighted by atomic mass is 10.2. The molecule has 7 nitrogen and oxygen atoms in total. The van der Waals surface area contributed by atoms with E-state index in [2.05, 4.69) is 27.3 Å². The molecule has 28 heavy (non-hydrogen) atoms. The van der Waals surface area contributed by atoms with Gasteiger partial charge in [-0.3, -0.25) is 9.69 Å². The van der Waals surface area contributed by atoms with Gasteiger partial charge in [0.2, 0.25) is 5.91 Å². The van der Waals surface area contributed by atoms with Gasteiger partial charge in [-0.15, -0.1) is 10.2 Å². The van der Waals surface area contributed by atoms with Crippen LogP contribution in [0.1, 0.15) is 23.9 Å². The van der Waals surface area contributed by atoms with Crippen LogP contribution in [0.25, 0.3) is 0 Å². The Hall–Kier alpha value is -1.84. The predicted molar refractivity (Wildman–Crippen MR) is 111 cm³/mol. The van der Waals surface area contributed by atoms with Crippen LogP contribution in [-0.4, -0.2) is 59.6 Å². The molecular formula is C19H26N4O3S2. The number of benzene rings is 1. The van der Waals surface area contributed by atoms with Gasteiger partial charge >= 0.3 is 0 Å². The van der Waals surface area contributed by atoms with E-state index in [1.165, 1.54) is 23.1 Å². The molecule has 0 saturated heterocycles. The van der Waals surface area contributed by atoms with Crippen molar-refractivity contribution in [3.8, 4) is 11.5 Å². The average molecular weight is 423 g/mol. The number of aromatic nitrogens is 2. The fraction of sp³-hybridized carbons (Fsp3) is 0.526. The minimum atomic E-state index is 0.0121. The molecule has 1 unspecified atom stereocenters. The number of carbonyl (C=O) groups is 1. The molecule has 1 atom stereocenters. The first kappa shape index (κ1) is 20.9. The summed E-state index contributed by atoms with van der Waals surface area (Å²) in [5.74, 6) is 2.12. The van der Waals surface area contributed by atoms with Gasteiger partial charge in [0.25, 0.3) is 0 Å². The number of thioether (sulfide) groups is 1. The number of fused-ring (bicyclic) bond motifs is 1. The van der Waals surface area contributed by atoms with E-state index in [0.717, 1.165) is 52.5 Å². The van der Waals surface area contributed by atoms with Crippen molar-refractivity contribution in [2.45, 2.75) is 37.3 Å². The third-order valence-corrected chi connectivity index (χ3v) is 6.43. The fourth-order valence-electron chi connectivity index (χ4n) is 2.98. The Balaban J connectivity index is 1.50. The predicted octanol–water partition coefficient (Wildman–Crippen LogP) is 2.74. The van der Waals surface area contributed by atoms with Crippen LogP contribution < -0.4 is 14.8 Å². The molecule has 9 heteroatoms. The lowest BCUT2D eigenvalue weighted by Crippen LogP contribution is -2.38. The van der Waals surface area contributed by atoms with Crippen LogP contribution in [-0.2, 0) is 11.3 Å². The van der Waals surface area contributed by atoms with E-state index in [1.54, 1.807) is 7.11 Å². The number of hydrogen-bond donors (Lipinski definition) is 1. The molecular weight excluding hydrogens is 396 g/mol. The normalized spacial score (nSPS) is 16.8. The van der Waals surface area contributed by atoms with Gasteiger partial charge < -0.3 is 14.8 Å². The van der Waals surface area contributed by atoms with Gasteiger partial charge in [0.05, 0.1) is 12.9 Å². The Morgan fingerprint density at radius 3 is 3.04 bits per heavy atom. The van der Waals surface area contributed by atoms with Crippen molar-refractivity contribution in [1.29, 1.82) is 0 Å². The molecule has 152 valence electrons. The van der Waals surface area contributed by atoms with Gasteiger partial charge in [0.1, 0.15) is 22.6 Å². The second-order valence-corrected chi connectivity index (χ2v) is 8.99. The second-order valence-electron chi connectivity index (χ2n) is 6.58. The number of hydrogen-bond acceptors (Lipinski definition) is 8. The standard InChI is InChI=1S/C19H26N4O3S2/c1-4-15-11-23(10-14-9-16(25-3)5-6-17(14)26-15)8-7-20-18(24)12-27-19-22-21-13(2)28-19/h5-6,9,15H,4,7-8,10-12H2,1-3H3,(H,20,24). The zero-order valence-corrected chi connectivity index (χ0v) is 18.1. The van der Waals surface area contributed by atoms with Gasteiger partial charge in [0, 0.05) is 31.7 Å². The molecule has 1 aliphatic heterocycles. The topological polar surface area (TPSA) is 76.6 Å². The smallest absolute Gasteiger partial charge is 0.230 e. The number of rotatable bonds is 8. The van der Waals surface area contributed by atoms with Crippen molar-refractivity contribution in [2.24, 2.45) is 0 Å². The van der Waals surface area contributed by atoms with E-state index in [0.29, 0.717) is 12.3 Å². The molecule has 0 saturated carbocycles. The quantitative estimate of drug-likeness (QED) is 0.656. The zero-order valence-electron chi connectivity index (χ0n) is 16.4.